The van der Waals surface area contributed by atoms with E-state index in [9.17, 15) is 8.42 Å². The van der Waals surface area contributed by atoms with Gasteiger partial charge < -0.3 is 5.32 Å². The highest BCUT2D eigenvalue weighted by atomic mass is 32.2. The first-order chi connectivity index (χ1) is 8.03. The Morgan fingerprint density at radius 3 is 2.24 bits per heavy atom. The lowest BCUT2D eigenvalue weighted by molar-refractivity contribution is 0.201. The van der Waals surface area contributed by atoms with Crippen LogP contribution < -0.4 is 5.32 Å². The van der Waals surface area contributed by atoms with Gasteiger partial charge in [-0.3, -0.25) is 0 Å². The van der Waals surface area contributed by atoms with Crippen molar-refractivity contribution in [3.05, 3.63) is 0 Å². The van der Waals surface area contributed by atoms with E-state index in [0.29, 0.717) is 6.54 Å². The lowest BCUT2D eigenvalue weighted by Gasteiger charge is -2.40. The fourth-order valence-electron chi connectivity index (χ4n) is 3.15. The van der Waals surface area contributed by atoms with Gasteiger partial charge in [-0.15, -0.1) is 0 Å². The zero-order chi connectivity index (χ0) is 12.5. The number of piperidine rings is 2. The summed E-state index contributed by atoms with van der Waals surface area (Å²) in [5.41, 5.74) is 0. The molecule has 0 amide bonds. The van der Waals surface area contributed by atoms with Gasteiger partial charge in [0.2, 0.25) is 10.0 Å². The van der Waals surface area contributed by atoms with Crippen molar-refractivity contribution in [1.82, 2.24) is 9.62 Å². The van der Waals surface area contributed by atoms with Crippen LogP contribution in [-0.4, -0.2) is 43.1 Å². The molecule has 1 N–H and O–H groups in total. The van der Waals surface area contributed by atoms with Crippen LogP contribution in [0.3, 0.4) is 0 Å². The number of sulfonamides is 1. The molecule has 0 aromatic heterocycles. The molecule has 2 rings (SSSR count). The van der Waals surface area contributed by atoms with Crippen LogP contribution in [0.4, 0.5) is 0 Å². The second kappa shape index (κ2) is 5.24. The van der Waals surface area contributed by atoms with E-state index in [-0.39, 0.29) is 17.3 Å². The van der Waals surface area contributed by atoms with Crippen LogP contribution in [0.5, 0.6) is 0 Å². The molecule has 0 aromatic carbocycles. The maximum absolute atomic E-state index is 12.6. The van der Waals surface area contributed by atoms with E-state index in [1.165, 1.54) is 0 Å². The average molecular weight is 260 g/mol. The Kier molecular flexibility index (Phi) is 4.10. The average Bonchev–Trinajstić information content (AvgIpc) is 2.29. The lowest BCUT2D eigenvalue weighted by atomic mass is 10.0. The van der Waals surface area contributed by atoms with Crippen molar-refractivity contribution >= 4 is 10.0 Å². The Morgan fingerprint density at radius 1 is 1.06 bits per heavy atom. The molecule has 100 valence electrons. The minimum absolute atomic E-state index is 0.172. The molecule has 4 nitrogen and oxygen atoms in total. The first-order valence-electron chi connectivity index (χ1n) is 6.76. The third-order valence-electron chi connectivity index (χ3n) is 4.08. The standard InChI is InChI=1S/C12H24N2O2S/c1-10-5-3-6-11(2)14(10)17(15,16)12-7-4-8-13-9-12/h10-13H,3-9H2,1-2H3/t10-,11+,12?. The van der Waals surface area contributed by atoms with Crippen molar-refractivity contribution < 1.29 is 8.42 Å². The van der Waals surface area contributed by atoms with E-state index in [4.69, 9.17) is 0 Å². The van der Waals surface area contributed by atoms with E-state index in [1.54, 1.807) is 4.31 Å². The maximum Gasteiger partial charge on any atom is 0.218 e. The Labute approximate surface area is 105 Å². The molecular weight excluding hydrogens is 236 g/mol. The molecule has 5 heteroatoms. The molecule has 0 radical (unpaired) electrons. The summed E-state index contributed by atoms with van der Waals surface area (Å²) in [6.07, 6.45) is 4.94. The molecule has 0 aromatic rings. The molecule has 3 atom stereocenters. The summed E-state index contributed by atoms with van der Waals surface area (Å²) in [5.74, 6) is 0. The highest BCUT2D eigenvalue weighted by molar-refractivity contribution is 7.89. The topological polar surface area (TPSA) is 49.4 Å². The molecule has 2 heterocycles. The summed E-state index contributed by atoms with van der Waals surface area (Å²) < 4.78 is 27.1. The van der Waals surface area contributed by atoms with Gasteiger partial charge in [-0.05, 0) is 46.1 Å². The third kappa shape index (κ3) is 2.66. The number of nitrogens with one attached hydrogen (secondary N) is 1. The maximum atomic E-state index is 12.6. The predicted molar refractivity (Wildman–Crippen MR) is 69.4 cm³/mol. The summed E-state index contributed by atoms with van der Waals surface area (Å²) in [6.45, 7) is 5.67. The Morgan fingerprint density at radius 2 is 1.71 bits per heavy atom. The van der Waals surface area contributed by atoms with Crippen molar-refractivity contribution in [2.75, 3.05) is 13.1 Å². The van der Waals surface area contributed by atoms with E-state index < -0.39 is 10.0 Å². The second-order valence-corrected chi connectivity index (χ2v) is 7.59. The SMILES string of the molecule is C[C@@H]1CCC[C@H](C)N1S(=O)(=O)C1CCCNC1. The van der Waals surface area contributed by atoms with Crippen LogP contribution in [0.25, 0.3) is 0 Å². The van der Waals surface area contributed by atoms with Crippen LogP contribution in [0, 0.1) is 0 Å². The van der Waals surface area contributed by atoms with Gasteiger partial charge in [0.15, 0.2) is 0 Å². The van der Waals surface area contributed by atoms with E-state index >= 15 is 0 Å². The van der Waals surface area contributed by atoms with Crippen LogP contribution >= 0.6 is 0 Å². The number of nitrogens with zero attached hydrogens (tertiary/aromatic N) is 1. The van der Waals surface area contributed by atoms with Gasteiger partial charge in [0.25, 0.3) is 0 Å². The Balaban J connectivity index is 2.17. The van der Waals surface area contributed by atoms with Crippen LogP contribution in [0.1, 0.15) is 46.0 Å². The Bertz CT molecular complexity index is 340. The Hall–Kier alpha value is -0.130. The minimum Gasteiger partial charge on any atom is -0.315 e. The van der Waals surface area contributed by atoms with Crippen molar-refractivity contribution in [1.29, 1.82) is 0 Å². The molecule has 0 bridgehead atoms. The predicted octanol–water partition coefficient (Wildman–Crippen LogP) is 1.33. The largest absolute Gasteiger partial charge is 0.315 e. The summed E-state index contributed by atoms with van der Waals surface area (Å²) >= 11 is 0. The van der Waals surface area contributed by atoms with Gasteiger partial charge in [0.1, 0.15) is 0 Å². The molecule has 0 spiro atoms. The van der Waals surface area contributed by atoms with Gasteiger partial charge in [0, 0.05) is 18.6 Å². The highest BCUT2D eigenvalue weighted by Crippen LogP contribution is 2.29. The minimum atomic E-state index is -3.11. The van der Waals surface area contributed by atoms with Gasteiger partial charge >= 0.3 is 0 Å². The van der Waals surface area contributed by atoms with Crippen LogP contribution in [-0.2, 0) is 10.0 Å². The zero-order valence-corrected chi connectivity index (χ0v) is 11.7. The normalized spacial score (nSPS) is 36.9. The van der Waals surface area contributed by atoms with Crippen molar-refractivity contribution in [3.63, 3.8) is 0 Å². The molecular formula is C12H24N2O2S. The number of hydrogen-bond acceptors (Lipinski definition) is 3. The summed E-state index contributed by atoms with van der Waals surface area (Å²) in [4.78, 5) is 0. The van der Waals surface area contributed by atoms with Crippen LogP contribution in [0.2, 0.25) is 0 Å². The van der Waals surface area contributed by atoms with Crippen molar-refractivity contribution in [3.8, 4) is 0 Å². The van der Waals surface area contributed by atoms with Crippen molar-refractivity contribution in [2.24, 2.45) is 0 Å². The van der Waals surface area contributed by atoms with E-state index in [2.05, 4.69) is 5.32 Å². The fourth-order valence-corrected chi connectivity index (χ4v) is 5.50. The highest BCUT2D eigenvalue weighted by Gasteiger charge is 2.39. The van der Waals surface area contributed by atoms with E-state index in [1.807, 2.05) is 13.8 Å². The lowest BCUT2D eigenvalue weighted by Crippen LogP contribution is -2.53. The van der Waals surface area contributed by atoms with Crippen molar-refractivity contribution in [2.45, 2.75) is 63.3 Å². The molecule has 0 aliphatic carbocycles. The van der Waals surface area contributed by atoms with Gasteiger partial charge in [-0.1, -0.05) is 6.42 Å². The monoisotopic (exact) mass is 260 g/mol. The molecule has 2 fully saturated rings. The first kappa shape index (κ1) is 13.3. The molecule has 2 aliphatic heterocycles. The smallest absolute Gasteiger partial charge is 0.218 e. The summed E-state index contributed by atoms with van der Waals surface area (Å²) in [6, 6.07) is 0.344. The van der Waals surface area contributed by atoms with E-state index in [0.717, 1.165) is 38.6 Å². The van der Waals surface area contributed by atoms with Gasteiger partial charge in [0.05, 0.1) is 5.25 Å². The fraction of sp³-hybridized carbons (Fsp3) is 1.00. The quantitative estimate of drug-likeness (QED) is 0.815. The summed E-state index contributed by atoms with van der Waals surface area (Å²) in [7, 11) is -3.11. The zero-order valence-electron chi connectivity index (χ0n) is 10.9. The third-order valence-corrected chi connectivity index (χ3v) is 6.63. The van der Waals surface area contributed by atoms with Crippen LogP contribution in [0.15, 0.2) is 0 Å². The molecule has 2 saturated heterocycles. The van der Waals surface area contributed by atoms with Gasteiger partial charge in [-0.2, -0.15) is 4.31 Å². The molecule has 1 unspecified atom stereocenters. The molecule has 2 aliphatic rings. The molecule has 17 heavy (non-hydrogen) atoms. The second-order valence-electron chi connectivity index (χ2n) is 5.47. The first-order valence-corrected chi connectivity index (χ1v) is 8.27. The van der Waals surface area contributed by atoms with Gasteiger partial charge in [-0.25, -0.2) is 8.42 Å². The molecule has 0 saturated carbocycles. The number of rotatable bonds is 2. The summed E-state index contributed by atoms with van der Waals surface area (Å²) in [5, 5.41) is 2.99. The number of hydrogen-bond donors (Lipinski definition) is 1.